The number of rotatable bonds is 3. The minimum atomic E-state index is -0.387. The summed E-state index contributed by atoms with van der Waals surface area (Å²) >= 11 is 0. The Morgan fingerprint density at radius 3 is 2.72 bits per heavy atom. The number of halogens is 1. The van der Waals surface area contributed by atoms with Crippen molar-refractivity contribution in [1.82, 2.24) is 9.55 Å². The van der Waals surface area contributed by atoms with Crippen LogP contribution in [0.5, 0.6) is 0 Å². The van der Waals surface area contributed by atoms with Crippen LogP contribution in [0.1, 0.15) is 22.5 Å². The zero-order valence-electron chi connectivity index (χ0n) is 10.4. The number of aryl methyl sites for hydroxylation is 1. The lowest BCUT2D eigenvalue weighted by molar-refractivity contribution is 0.625. The largest absolute Gasteiger partial charge is 0.384 e. The molecule has 4 nitrogen and oxygen atoms in total. The summed E-state index contributed by atoms with van der Waals surface area (Å²) in [4.78, 5) is 4.21. The van der Waals surface area contributed by atoms with Gasteiger partial charge in [0.15, 0.2) is 0 Å². The van der Waals surface area contributed by atoms with Gasteiger partial charge in [-0.1, -0.05) is 6.07 Å². The molecule has 0 aliphatic heterocycles. The number of hydrogen-bond acceptors (Lipinski definition) is 2. The van der Waals surface area contributed by atoms with Crippen molar-refractivity contribution in [1.29, 1.82) is 5.41 Å². The van der Waals surface area contributed by atoms with Gasteiger partial charge in [0.1, 0.15) is 11.7 Å². The van der Waals surface area contributed by atoms with Crippen LogP contribution in [0, 0.1) is 25.1 Å². The number of hydrogen-bond donors (Lipinski definition) is 2. The summed E-state index contributed by atoms with van der Waals surface area (Å²) in [5.74, 6) is -0.513. The molecule has 0 radical (unpaired) electrons. The minimum absolute atomic E-state index is 0.126. The van der Waals surface area contributed by atoms with Gasteiger partial charge >= 0.3 is 0 Å². The Labute approximate surface area is 105 Å². The molecule has 0 atom stereocenters. The number of nitrogens with zero attached hydrogens (tertiary/aromatic N) is 2. The van der Waals surface area contributed by atoms with E-state index in [9.17, 15) is 4.39 Å². The third-order valence-corrected chi connectivity index (χ3v) is 3.05. The van der Waals surface area contributed by atoms with Crippen LogP contribution in [-0.2, 0) is 6.54 Å². The second-order valence-electron chi connectivity index (χ2n) is 4.26. The molecule has 0 spiro atoms. The molecule has 3 N–H and O–H groups in total. The molecule has 94 valence electrons. The highest BCUT2D eigenvalue weighted by molar-refractivity contribution is 5.96. The van der Waals surface area contributed by atoms with Gasteiger partial charge in [0.2, 0.25) is 0 Å². The fourth-order valence-corrected chi connectivity index (χ4v) is 1.82. The second-order valence-corrected chi connectivity index (χ2v) is 4.26. The molecule has 1 aromatic carbocycles. The van der Waals surface area contributed by atoms with E-state index in [4.69, 9.17) is 11.1 Å². The predicted octanol–water partition coefficient (Wildman–Crippen LogP) is 1.97. The van der Waals surface area contributed by atoms with E-state index >= 15 is 0 Å². The van der Waals surface area contributed by atoms with E-state index in [1.165, 1.54) is 12.1 Å². The third kappa shape index (κ3) is 2.25. The fraction of sp³-hybridized carbons (Fsp3) is 0.231. The number of nitrogen functional groups attached to an aromatic ring is 1. The van der Waals surface area contributed by atoms with Gasteiger partial charge in [-0.05, 0) is 31.5 Å². The summed E-state index contributed by atoms with van der Waals surface area (Å²) in [5.41, 5.74) is 8.72. The van der Waals surface area contributed by atoms with Gasteiger partial charge in [-0.15, -0.1) is 0 Å². The van der Waals surface area contributed by atoms with E-state index < -0.39 is 0 Å². The average molecular weight is 246 g/mol. The maximum atomic E-state index is 13.2. The van der Waals surface area contributed by atoms with E-state index in [1.54, 1.807) is 12.4 Å². The molecular formula is C13H15FN4. The standard InChI is InChI=1S/C13H15FN4/c1-8-9(2)18(7-17-8)6-10-3-4-11(14)5-12(10)13(15)16/h3-5,7H,6H2,1-2H3,(H3,15,16). The molecular weight excluding hydrogens is 231 g/mol. The van der Waals surface area contributed by atoms with Gasteiger partial charge in [-0.3, -0.25) is 5.41 Å². The molecule has 0 bridgehead atoms. The normalized spacial score (nSPS) is 10.6. The first-order valence-electron chi connectivity index (χ1n) is 5.60. The Morgan fingerprint density at radius 1 is 1.44 bits per heavy atom. The Balaban J connectivity index is 2.40. The van der Waals surface area contributed by atoms with Crippen molar-refractivity contribution in [2.24, 2.45) is 5.73 Å². The maximum absolute atomic E-state index is 13.2. The Morgan fingerprint density at radius 2 is 2.17 bits per heavy atom. The number of amidine groups is 1. The number of benzene rings is 1. The Bertz CT molecular complexity index is 601. The molecule has 0 fully saturated rings. The van der Waals surface area contributed by atoms with Gasteiger partial charge in [0, 0.05) is 17.8 Å². The van der Waals surface area contributed by atoms with Crippen LogP contribution in [0.4, 0.5) is 4.39 Å². The molecule has 1 aromatic heterocycles. The third-order valence-electron chi connectivity index (χ3n) is 3.05. The molecule has 2 rings (SSSR count). The van der Waals surface area contributed by atoms with Crippen LogP contribution < -0.4 is 5.73 Å². The van der Waals surface area contributed by atoms with Crippen molar-refractivity contribution in [2.75, 3.05) is 0 Å². The molecule has 0 aliphatic carbocycles. The molecule has 1 heterocycles. The summed E-state index contributed by atoms with van der Waals surface area (Å²) in [6, 6.07) is 4.32. The lowest BCUT2D eigenvalue weighted by Crippen LogP contribution is -2.16. The molecule has 5 heteroatoms. The van der Waals surface area contributed by atoms with Gasteiger partial charge < -0.3 is 10.3 Å². The number of imidazole rings is 1. The van der Waals surface area contributed by atoms with E-state index in [1.807, 2.05) is 18.4 Å². The zero-order valence-corrected chi connectivity index (χ0v) is 10.4. The van der Waals surface area contributed by atoms with Crippen molar-refractivity contribution in [3.05, 3.63) is 52.9 Å². The van der Waals surface area contributed by atoms with Gasteiger partial charge in [-0.2, -0.15) is 0 Å². The maximum Gasteiger partial charge on any atom is 0.123 e. The second kappa shape index (κ2) is 4.60. The van der Waals surface area contributed by atoms with Gasteiger partial charge in [0.05, 0.1) is 12.0 Å². The molecule has 0 unspecified atom stereocenters. The monoisotopic (exact) mass is 246 g/mol. The van der Waals surface area contributed by atoms with Crippen molar-refractivity contribution >= 4 is 5.84 Å². The van der Waals surface area contributed by atoms with Crippen LogP contribution in [0.15, 0.2) is 24.5 Å². The van der Waals surface area contributed by atoms with Crippen LogP contribution in [-0.4, -0.2) is 15.4 Å². The molecule has 0 saturated carbocycles. The minimum Gasteiger partial charge on any atom is -0.384 e. The molecule has 0 amide bonds. The lowest BCUT2D eigenvalue weighted by Gasteiger charge is -2.10. The first kappa shape index (κ1) is 12.3. The highest BCUT2D eigenvalue weighted by Crippen LogP contribution is 2.14. The van der Waals surface area contributed by atoms with Crippen molar-refractivity contribution in [3.8, 4) is 0 Å². The summed E-state index contributed by atoms with van der Waals surface area (Å²) in [5, 5.41) is 7.48. The summed E-state index contributed by atoms with van der Waals surface area (Å²) < 4.78 is 15.1. The first-order valence-corrected chi connectivity index (χ1v) is 5.60. The molecule has 0 saturated heterocycles. The van der Waals surface area contributed by atoms with Crippen LogP contribution in [0.3, 0.4) is 0 Å². The zero-order chi connectivity index (χ0) is 13.3. The van der Waals surface area contributed by atoms with Crippen molar-refractivity contribution in [3.63, 3.8) is 0 Å². The van der Waals surface area contributed by atoms with E-state index in [0.29, 0.717) is 12.1 Å². The fourth-order valence-electron chi connectivity index (χ4n) is 1.82. The smallest absolute Gasteiger partial charge is 0.123 e. The molecule has 0 aliphatic rings. The van der Waals surface area contributed by atoms with Crippen LogP contribution in [0.25, 0.3) is 0 Å². The first-order chi connectivity index (χ1) is 8.49. The van der Waals surface area contributed by atoms with E-state index in [-0.39, 0.29) is 11.7 Å². The Hall–Kier alpha value is -2.17. The van der Waals surface area contributed by atoms with Crippen LogP contribution in [0.2, 0.25) is 0 Å². The average Bonchev–Trinajstić information content (AvgIpc) is 2.63. The molecule has 18 heavy (non-hydrogen) atoms. The number of aromatic nitrogens is 2. The number of nitrogens with two attached hydrogens (primary N) is 1. The SMILES string of the molecule is Cc1ncn(Cc2ccc(F)cc2C(=N)N)c1C. The molecule has 2 aromatic rings. The van der Waals surface area contributed by atoms with E-state index in [0.717, 1.165) is 17.0 Å². The summed E-state index contributed by atoms with van der Waals surface area (Å²) in [7, 11) is 0. The van der Waals surface area contributed by atoms with E-state index in [2.05, 4.69) is 4.98 Å². The summed E-state index contributed by atoms with van der Waals surface area (Å²) in [6.45, 7) is 4.43. The van der Waals surface area contributed by atoms with Crippen molar-refractivity contribution < 1.29 is 4.39 Å². The highest BCUT2D eigenvalue weighted by atomic mass is 19.1. The lowest BCUT2D eigenvalue weighted by atomic mass is 10.1. The topological polar surface area (TPSA) is 67.7 Å². The van der Waals surface area contributed by atoms with Crippen LogP contribution >= 0.6 is 0 Å². The van der Waals surface area contributed by atoms with Crippen molar-refractivity contribution in [2.45, 2.75) is 20.4 Å². The predicted molar refractivity (Wildman–Crippen MR) is 68.2 cm³/mol. The number of nitrogens with one attached hydrogen (secondary N) is 1. The Kier molecular flexibility index (Phi) is 3.14. The quantitative estimate of drug-likeness (QED) is 0.642. The summed E-state index contributed by atoms with van der Waals surface area (Å²) in [6.07, 6.45) is 1.73. The highest BCUT2D eigenvalue weighted by Gasteiger charge is 2.09. The van der Waals surface area contributed by atoms with Gasteiger partial charge in [-0.25, -0.2) is 9.37 Å². The van der Waals surface area contributed by atoms with Gasteiger partial charge in [0.25, 0.3) is 0 Å².